The SMILES string of the molecule is Cl.Cl.O=C1CC(C(=O)N2C[C@H]3CNC[C@H]3C2)CN1CCN1CCOCC1. The van der Waals surface area contributed by atoms with E-state index in [9.17, 15) is 9.59 Å². The molecule has 0 aromatic rings. The Morgan fingerprint density at radius 1 is 1.04 bits per heavy atom. The first-order valence-electron chi connectivity index (χ1n) is 9.28. The lowest BCUT2D eigenvalue weighted by Crippen LogP contribution is -2.42. The van der Waals surface area contributed by atoms with Crippen molar-refractivity contribution >= 4 is 36.6 Å². The summed E-state index contributed by atoms with van der Waals surface area (Å²) in [5.41, 5.74) is 0. The number of carbonyl (C=O) groups is 2. The van der Waals surface area contributed by atoms with Crippen LogP contribution in [0.4, 0.5) is 0 Å². The van der Waals surface area contributed by atoms with Gasteiger partial charge in [-0.3, -0.25) is 14.5 Å². The van der Waals surface area contributed by atoms with Gasteiger partial charge >= 0.3 is 0 Å². The van der Waals surface area contributed by atoms with Gasteiger partial charge < -0.3 is 19.9 Å². The van der Waals surface area contributed by atoms with Crippen molar-refractivity contribution < 1.29 is 14.3 Å². The highest BCUT2D eigenvalue weighted by Crippen LogP contribution is 2.29. The number of likely N-dealkylation sites (tertiary alicyclic amines) is 2. The standard InChI is InChI=1S/C17H28N4O3.2ClH/c22-16-7-13(10-20(16)2-1-19-3-5-24-6-4-19)17(23)21-11-14-8-18-9-15(14)12-21;;/h13-15,18H,1-12H2;2*1H/t13?,14-,15+;;. The van der Waals surface area contributed by atoms with Gasteiger partial charge in [-0.05, 0) is 11.8 Å². The molecule has 26 heavy (non-hydrogen) atoms. The van der Waals surface area contributed by atoms with E-state index in [4.69, 9.17) is 4.74 Å². The van der Waals surface area contributed by atoms with Gasteiger partial charge in [-0.25, -0.2) is 0 Å². The monoisotopic (exact) mass is 408 g/mol. The molecule has 9 heteroatoms. The molecule has 1 unspecified atom stereocenters. The van der Waals surface area contributed by atoms with E-state index >= 15 is 0 Å². The molecule has 0 spiro atoms. The number of rotatable bonds is 4. The van der Waals surface area contributed by atoms with Crippen LogP contribution in [-0.4, -0.2) is 98.6 Å². The van der Waals surface area contributed by atoms with Gasteiger partial charge in [0.05, 0.1) is 19.1 Å². The highest BCUT2D eigenvalue weighted by Gasteiger charge is 2.42. The van der Waals surface area contributed by atoms with Crippen molar-refractivity contribution in [2.75, 3.05) is 72.1 Å². The van der Waals surface area contributed by atoms with Crippen molar-refractivity contribution in [3.63, 3.8) is 0 Å². The third-order valence-corrected chi connectivity index (χ3v) is 6.05. The zero-order valence-electron chi connectivity index (χ0n) is 15.1. The predicted molar refractivity (Wildman–Crippen MR) is 103 cm³/mol. The summed E-state index contributed by atoms with van der Waals surface area (Å²) in [6, 6.07) is 0. The van der Waals surface area contributed by atoms with E-state index in [0.29, 0.717) is 24.8 Å². The van der Waals surface area contributed by atoms with Crippen LogP contribution in [0.1, 0.15) is 6.42 Å². The summed E-state index contributed by atoms with van der Waals surface area (Å²) in [6.07, 6.45) is 0.395. The molecular formula is C17H30Cl2N4O3. The van der Waals surface area contributed by atoms with Crippen molar-refractivity contribution in [2.45, 2.75) is 6.42 Å². The van der Waals surface area contributed by atoms with Gasteiger partial charge in [0.1, 0.15) is 0 Å². The molecule has 4 rings (SSSR count). The highest BCUT2D eigenvalue weighted by atomic mass is 35.5. The topological polar surface area (TPSA) is 65.1 Å². The smallest absolute Gasteiger partial charge is 0.228 e. The quantitative estimate of drug-likeness (QED) is 0.690. The number of nitrogens with zero attached hydrogens (tertiary/aromatic N) is 3. The maximum atomic E-state index is 12.8. The van der Waals surface area contributed by atoms with Crippen molar-refractivity contribution in [2.24, 2.45) is 17.8 Å². The first-order valence-corrected chi connectivity index (χ1v) is 9.28. The van der Waals surface area contributed by atoms with Crippen molar-refractivity contribution in [1.82, 2.24) is 20.0 Å². The van der Waals surface area contributed by atoms with Crippen LogP contribution in [0, 0.1) is 17.8 Å². The Morgan fingerprint density at radius 3 is 2.35 bits per heavy atom. The van der Waals surface area contributed by atoms with Crippen molar-refractivity contribution in [3.05, 3.63) is 0 Å². The molecule has 0 aliphatic carbocycles. The highest BCUT2D eigenvalue weighted by molar-refractivity contribution is 5.89. The fourth-order valence-corrected chi connectivity index (χ4v) is 4.53. The van der Waals surface area contributed by atoms with Gasteiger partial charge in [-0.15, -0.1) is 24.8 Å². The minimum Gasteiger partial charge on any atom is -0.379 e. The number of hydrogen-bond acceptors (Lipinski definition) is 5. The molecule has 4 aliphatic rings. The van der Waals surface area contributed by atoms with E-state index in [-0.39, 0.29) is 42.5 Å². The third-order valence-electron chi connectivity index (χ3n) is 6.05. The number of hydrogen-bond donors (Lipinski definition) is 1. The second-order valence-corrected chi connectivity index (χ2v) is 7.62. The molecule has 2 amide bonds. The van der Waals surface area contributed by atoms with Crippen LogP contribution in [0.25, 0.3) is 0 Å². The molecule has 0 aromatic heterocycles. The second-order valence-electron chi connectivity index (χ2n) is 7.62. The summed E-state index contributed by atoms with van der Waals surface area (Å²) in [7, 11) is 0. The Morgan fingerprint density at radius 2 is 1.69 bits per heavy atom. The molecule has 0 radical (unpaired) electrons. The van der Waals surface area contributed by atoms with Crippen molar-refractivity contribution in [1.29, 1.82) is 0 Å². The largest absolute Gasteiger partial charge is 0.379 e. The van der Waals surface area contributed by atoms with Crippen LogP contribution in [0.3, 0.4) is 0 Å². The van der Waals surface area contributed by atoms with Crippen LogP contribution < -0.4 is 5.32 Å². The normalized spacial score (nSPS) is 31.5. The average molecular weight is 409 g/mol. The number of halogens is 2. The number of carbonyl (C=O) groups excluding carboxylic acids is 2. The van der Waals surface area contributed by atoms with E-state index in [1.165, 1.54) is 0 Å². The summed E-state index contributed by atoms with van der Waals surface area (Å²) in [5.74, 6) is 1.44. The summed E-state index contributed by atoms with van der Waals surface area (Å²) >= 11 is 0. The molecule has 1 N–H and O–H groups in total. The molecular weight excluding hydrogens is 379 g/mol. The molecule has 0 bridgehead atoms. The minimum atomic E-state index is -0.131. The number of nitrogens with one attached hydrogen (secondary N) is 1. The molecule has 150 valence electrons. The lowest BCUT2D eigenvalue weighted by atomic mass is 10.0. The Hall–Kier alpha value is -0.600. The summed E-state index contributed by atoms with van der Waals surface area (Å²) in [6.45, 7) is 9.46. The van der Waals surface area contributed by atoms with Crippen LogP contribution in [-0.2, 0) is 14.3 Å². The molecule has 7 nitrogen and oxygen atoms in total. The fourth-order valence-electron chi connectivity index (χ4n) is 4.53. The number of fused-ring (bicyclic) bond motifs is 1. The van der Waals surface area contributed by atoms with Gasteiger partial charge in [0.25, 0.3) is 0 Å². The molecule has 4 aliphatic heterocycles. The zero-order chi connectivity index (χ0) is 16.5. The van der Waals surface area contributed by atoms with Crippen molar-refractivity contribution in [3.8, 4) is 0 Å². The Labute approximate surface area is 167 Å². The van der Waals surface area contributed by atoms with Crippen LogP contribution in [0.5, 0.6) is 0 Å². The van der Waals surface area contributed by atoms with E-state index in [2.05, 4.69) is 10.2 Å². The Kier molecular flexibility index (Phi) is 7.97. The fraction of sp³-hybridized carbons (Fsp3) is 0.882. The third kappa shape index (κ3) is 4.62. The van der Waals surface area contributed by atoms with Crippen LogP contribution in [0.2, 0.25) is 0 Å². The minimum absolute atomic E-state index is 0. The predicted octanol–water partition coefficient (Wildman–Crippen LogP) is -0.311. The maximum absolute atomic E-state index is 12.8. The molecule has 0 saturated carbocycles. The Bertz CT molecular complexity index is 492. The Balaban J connectivity index is 0.00000121. The van der Waals surface area contributed by atoms with E-state index < -0.39 is 0 Å². The molecule has 4 fully saturated rings. The second kappa shape index (κ2) is 9.55. The van der Waals surface area contributed by atoms with Gasteiger partial charge in [-0.2, -0.15) is 0 Å². The van der Waals surface area contributed by atoms with Crippen LogP contribution in [0.15, 0.2) is 0 Å². The van der Waals surface area contributed by atoms with Gasteiger partial charge in [0.2, 0.25) is 11.8 Å². The van der Waals surface area contributed by atoms with E-state index in [1.54, 1.807) is 0 Å². The molecule has 0 aromatic carbocycles. The lowest BCUT2D eigenvalue weighted by Gasteiger charge is -2.28. The number of ether oxygens (including phenoxy) is 1. The van der Waals surface area contributed by atoms with Gasteiger partial charge in [0.15, 0.2) is 0 Å². The van der Waals surface area contributed by atoms with Gasteiger partial charge in [0, 0.05) is 65.3 Å². The molecule has 3 atom stereocenters. The molecule has 4 heterocycles. The van der Waals surface area contributed by atoms with E-state index in [1.807, 2.05) is 9.80 Å². The van der Waals surface area contributed by atoms with Crippen LogP contribution >= 0.6 is 24.8 Å². The summed E-state index contributed by atoms with van der Waals surface area (Å²) < 4.78 is 5.35. The van der Waals surface area contributed by atoms with Gasteiger partial charge in [-0.1, -0.05) is 0 Å². The summed E-state index contributed by atoms with van der Waals surface area (Å²) in [5, 5.41) is 3.40. The zero-order valence-corrected chi connectivity index (χ0v) is 16.7. The average Bonchev–Trinajstić information content (AvgIpc) is 3.28. The first-order chi connectivity index (χ1) is 11.7. The summed E-state index contributed by atoms with van der Waals surface area (Å²) in [4.78, 5) is 31.3. The first kappa shape index (κ1) is 21.7. The molecule has 4 saturated heterocycles. The number of morpholine rings is 1. The lowest BCUT2D eigenvalue weighted by molar-refractivity contribution is -0.135. The van der Waals surface area contributed by atoms with E-state index in [0.717, 1.165) is 65.6 Å². The number of amides is 2. The maximum Gasteiger partial charge on any atom is 0.228 e.